The lowest BCUT2D eigenvalue weighted by molar-refractivity contribution is 0.240. The van der Waals surface area contributed by atoms with Gasteiger partial charge in [-0.2, -0.15) is 0 Å². The zero-order valence-electron chi connectivity index (χ0n) is 14.0. The summed E-state index contributed by atoms with van der Waals surface area (Å²) in [6.45, 7) is 6.86. The maximum absolute atomic E-state index is 3.78. The molecule has 1 aliphatic carbocycles. The molecule has 0 aliphatic heterocycles. The van der Waals surface area contributed by atoms with E-state index in [1.165, 1.54) is 37.7 Å². The molecule has 1 unspecified atom stereocenters. The van der Waals surface area contributed by atoms with Crippen molar-refractivity contribution in [1.82, 2.24) is 10.2 Å². The van der Waals surface area contributed by atoms with Gasteiger partial charge in [-0.25, -0.2) is 0 Å². The quantitative estimate of drug-likeness (QED) is 0.770. The molecule has 2 nitrogen and oxygen atoms in total. The minimum atomic E-state index is 0.489. The second-order valence-corrected chi connectivity index (χ2v) is 6.97. The first-order valence-corrected chi connectivity index (χ1v) is 8.65. The van der Waals surface area contributed by atoms with E-state index in [-0.39, 0.29) is 0 Å². The first-order chi connectivity index (χ1) is 10.2. The molecule has 1 aromatic carbocycles. The molecule has 0 radical (unpaired) electrons. The van der Waals surface area contributed by atoms with Crippen LogP contribution in [0.25, 0.3) is 0 Å². The van der Waals surface area contributed by atoms with Crippen LogP contribution in [-0.2, 0) is 0 Å². The Balaban J connectivity index is 1.81. The third-order valence-electron chi connectivity index (χ3n) is 4.71. The van der Waals surface area contributed by atoms with E-state index in [1.807, 2.05) is 0 Å². The van der Waals surface area contributed by atoms with Gasteiger partial charge in [-0.05, 0) is 37.8 Å². The van der Waals surface area contributed by atoms with Crippen molar-refractivity contribution in [1.29, 1.82) is 0 Å². The minimum absolute atomic E-state index is 0.489. The molecule has 0 saturated heterocycles. The van der Waals surface area contributed by atoms with Crippen LogP contribution in [0.2, 0.25) is 0 Å². The van der Waals surface area contributed by atoms with Gasteiger partial charge in [0.1, 0.15) is 0 Å². The fourth-order valence-electron chi connectivity index (χ4n) is 3.44. The van der Waals surface area contributed by atoms with Crippen LogP contribution in [0.15, 0.2) is 30.3 Å². The van der Waals surface area contributed by atoms with E-state index in [0.717, 1.165) is 25.0 Å². The number of hydrogen-bond acceptors (Lipinski definition) is 2. The summed E-state index contributed by atoms with van der Waals surface area (Å²) in [4.78, 5) is 2.55. The summed E-state index contributed by atoms with van der Waals surface area (Å²) in [6, 6.07) is 12.2. The van der Waals surface area contributed by atoms with Crippen LogP contribution in [0.5, 0.6) is 0 Å². The normalized spacial score (nSPS) is 17.8. The Kier molecular flexibility index (Phi) is 6.72. The first-order valence-electron chi connectivity index (χ1n) is 8.65. The predicted octanol–water partition coefficient (Wildman–Crippen LogP) is 4.24. The summed E-state index contributed by atoms with van der Waals surface area (Å²) in [5.74, 6) is 0.718. The van der Waals surface area contributed by atoms with Gasteiger partial charge in [0, 0.05) is 25.2 Å². The molecule has 0 heterocycles. The summed E-state index contributed by atoms with van der Waals surface area (Å²) in [7, 11) is 2.29. The molecule has 2 rings (SSSR count). The zero-order chi connectivity index (χ0) is 15.1. The molecule has 0 bridgehead atoms. The Hall–Kier alpha value is -0.860. The smallest absolute Gasteiger partial charge is 0.0323 e. The summed E-state index contributed by atoms with van der Waals surface area (Å²) in [6.07, 6.45) is 6.83. The Morgan fingerprint density at radius 2 is 1.81 bits per heavy atom. The van der Waals surface area contributed by atoms with E-state index < -0.39 is 0 Å². The molecule has 21 heavy (non-hydrogen) atoms. The monoisotopic (exact) mass is 288 g/mol. The Bertz CT molecular complexity index is 382. The maximum atomic E-state index is 3.78. The molecule has 1 N–H and O–H groups in total. The van der Waals surface area contributed by atoms with E-state index >= 15 is 0 Å². The van der Waals surface area contributed by atoms with Crippen molar-refractivity contribution >= 4 is 0 Å². The fourth-order valence-corrected chi connectivity index (χ4v) is 3.44. The lowest BCUT2D eigenvalue weighted by Crippen LogP contribution is -2.36. The molecule has 0 spiro atoms. The standard InChI is InChI=1S/C19H32N2/c1-16(2)15-19(17-9-5-4-6-10-17)20-13-14-21(3)18-11-7-8-12-18/h4-6,9-10,16,18-20H,7-8,11-15H2,1-3H3. The first kappa shape index (κ1) is 16.5. The Morgan fingerprint density at radius 3 is 2.43 bits per heavy atom. The fraction of sp³-hybridized carbons (Fsp3) is 0.684. The highest BCUT2D eigenvalue weighted by molar-refractivity contribution is 5.18. The van der Waals surface area contributed by atoms with Gasteiger partial charge in [0.2, 0.25) is 0 Å². The van der Waals surface area contributed by atoms with Crippen LogP contribution in [0, 0.1) is 5.92 Å². The average molecular weight is 288 g/mol. The van der Waals surface area contributed by atoms with Gasteiger partial charge < -0.3 is 10.2 Å². The number of hydrogen-bond donors (Lipinski definition) is 1. The molecule has 1 atom stereocenters. The molecular formula is C19H32N2. The summed E-state index contributed by atoms with van der Waals surface area (Å²) in [5, 5.41) is 3.78. The van der Waals surface area contributed by atoms with Crippen molar-refractivity contribution in [2.75, 3.05) is 20.1 Å². The predicted molar refractivity (Wildman–Crippen MR) is 91.5 cm³/mol. The van der Waals surface area contributed by atoms with Crippen LogP contribution in [0.4, 0.5) is 0 Å². The summed E-state index contributed by atoms with van der Waals surface area (Å²) < 4.78 is 0. The third-order valence-corrected chi connectivity index (χ3v) is 4.71. The number of nitrogens with zero attached hydrogens (tertiary/aromatic N) is 1. The van der Waals surface area contributed by atoms with Crippen LogP contribution < -0.4 is 5.32 Å². The van der Waals surface area contributed by atoms with E-state index in [9.17, 15) is 0 Å². The zero-order valence-corrected chi connectivity index (χ0v) is 14.0. The average Bonchev–Trinajstić information content (AvgIpc) is 3.01. The van der Waals surface area contributed by atoms with Gasteiger partial charge in [-0.3, -0.25) is 0 Å². The Labute approximate surface area is 130 Å². The van der Waals surface area contributed by atoms with Crippen LogP contribution in [-0.4, -0.2) is 31.1 Å². The molecule has 118 valence electrons. The third kappa shape index (κ3) is 5.44. The van der Waals surface area contributed by atoms with Crippen LogP contribution in [0.1, 0.15) is 57.6 Å². The molecule has 0 aromatic heterocycles. The number of benzene rings is 1. The van der Waals surface area contributed by atoms with Gasteiger partial charge in [0.25, 0.3) is 0 Å². The number of likely N-dealkylation sites (N-methyl/N-ethyl adjacent to an activating group) is 1. The molecule has 1 fully saturated rings. The van der Waals surface area contributed by atoms with Gasteiger partial charge >= 0.3 is 0 Å². The maximum Gasteiger partial charge on any atom is 0.0323 e. The van der Waals surface area contributed by atoms with Gasteiger partial charge in [0.15, 0.2) is 0 Å². The molecule has 1 saturated carbocycles. The minimum Gasteiger partial charge on any atom is -0.309 e. The Morgan fingerprint density at radius 1 is 1.14 bits per heavy atom. The van der Waals surface area contributed by atoms with Crippen LogP contribution in [0.3, 0.4) is 0 Å². The van der Waals surface area contributed by atoms with Gasteiger partial charge in [-0.15, -0.1) is 0 Å². The highest BCUT2D eigenvalue weighted by atomic mass is 15.1. The molecule has 1 aromatic rings. The highest BCUT2D eigenvalue weighted by Gasteiger charge is 2.19. The molecule has 0 amide bonds. The van der Waals surface area contributed by atoms with Crippen LogP contribution >= 0.6 is 0 Å². The van der Waals surface area contributed by atoms with E-state index in [0.29, 0.717) is 6.04 Å². The lowest BCUT2D eigenvalue weighted by Gasteiger charge is -2.26. The molecule has 2 heteroatoms. The number of rotatable bonds is 8. The largest absolute Gasteiger partial charge is 0.309 e. The van der Waals surface area contributed by atoms with E-state index in [2.05, 4.69) is 61.4 Å². The molecular weight excluding hydrogens is 256 g/mol. The second kappa shape index (κ2) is 8.55. The van der Waals surface area contributed by atoms with Crippen molar-refractivity contribution < 1.29 is 0 Å². The van der Waals surface area contributed by atoms with Crippen molar-refractivity contribution in [3.8, 4) is 0 Å². The number of nitrogens with one attached hydrogen (secondary N) is 1. The summed E-state index contributed by atoms with van der Waals surface area (Å²) in [5.41, 5.74) is 1.43. The second-order valence-electron chi connectivity index (χ2n) is 6.97. The van der Waals surface area contributed by atoms with E-state index in [4.69, 9.17) is 0 Å². The van der Waals surface area contributed by atoms with Gasteiger partial charge in [0.05, 0.1) is 0 Å². The lowest BCUT2D eigenvalue weighted by atomic mass is 9.97. The highest BCUT2D eigenvalue weighted by Crippen LogP contribution is 2.23. The van der Waals surface area contributed by atoms with Crippen molar-refractivity contribution in [3.63, 3.8) is 0 Å². The summed E-state index contributed by atoms with van der Waals surface area (Å²) >= 11 is 0. The topological polar surface area (TPSA) is 15.3 Å². The van der Waals surface area contributed by atoms with Crippen molar-refractivity contribution in [2.45, 2.75) is 58.0 Å². The van der Waals surface area contributed by atoms with E-state index in [1.54, 1.807) is 0 Å². The van der Waals surface area contributed by atoms with Crippen molar-refractivity contribution in [2.24, 2.45) is 5.92 Å². The van der Waals surface area contributed by atoms with Gasteiger partial charge in [-0.1, -0.05) is 57.0 Å². The molecule has 1 aliphatic rings. The SMILES string of the molecule is CC(C)CC(NCCN(C)C1CCCC1)c1ccccc1. The van der Waals surface area contributed by atoms with Crippen molar-refractivity contribution in [3.05, 3.63) is 35.9 Å².